The SMILES string of the molecule is Cc1ccc(C(NC(=O)CNS(=O)(=O)c2cccs2)C(=O)O)cc1C. The molecule has 2 rings (SSSR count). The van der Waals surface area contributed by atoms with Crippen molar-refractivity contribution in [3.8, 4) is 0 Å². The highest BCUT2D eigenvalue weighted by Crippen LogP contribution is 2.18. The molecule has 3 N–H and O–H groups in total. The van der Waals surface area contributed by atoms with Gasteiger partial charge in [-0.05, 0) is 42.0 Å². The summed E-state index contributed by atoms with van der Waals surface area (Å²) in [5, 5.41) is 13.3. The first-order valence-electron chi connectivity index (χ1n) is 7.33. The van der Waals surface area contributed by atoms with Gasteiger partial charge in [-0.25, -0.2) is 17.9 Å². The maximum absolute atomic E-state index is 12.0. The molecular weight excluding hydrogens is 364 g/mol. The smallest absolute Gasteiger partial charge is 0.330 e. The largest absolute Gasteiger partial charge is 0.479 e. The molecule has 0 saturated carbocycles. The highest BCUT2D eigenvalue weighted by Gasteiger charge is 2.23. The summed E-state index contributed by atoms with van der Waals surface area (Å²) < 4.78 is 26.2. The molecule has 2 aromatic rings. The van der Waals surface area contributed by atoms with Crippen molar-refractivity contribution in [2.75, 3.05) is 6.54 Å². The summed E-state index contributed by atoms with van der Waals surface area (Å²) in [6, 6.07) is 6.82. The number of carbonyl (C=O) groups is 2. The fourth-order valence-electron chi connectivity index (χ4n) is 2.09. The van der Waals surface area contributed by atoms with Crippen LogP contribution >= 0.6 is 11.3 Å². The van der Waals surface area contributed by atoms with E-state index in [9.17, 15) is 23.1 Å². The molecule has 9 heteroatoms. The average Bonchev–Trinajstić information content (AvgIpc) is 3.08. The first-order chi connectivity index (χ1) is 11.7. The van der Waals surface area contributed by atoms with Crippen LogP contribution in [-0.4, -0.2) is 31.9 Å². The number of rotatable bonds is 7. The Hall–Kier alpha value is -2.23. The van der Waals surface area contributed by atoms with Crippen LogP contribution in [0.15, 0.2) is 39.9 Å². The fourth-order valence-corrected chi connectivity index (χ4v) is 4.11. The van der Waals surface area contributed by atoms with Crippen LogP contribution in [0.1, 0.15) is 22.7 Å². The first-order valence-corrected chi connectivity index (χ1v) is 9.69. The number of benzene rings is 1. The summed E-state index contributed by atoms with van der Waals surface area (Å²) in [6.45, 7) is 3.19. The van der Waals surface area contributed by atoms with Crippen LogP contribution in [-0.2, 0) is 19.6 Å². The molecule has 25 heavy (non-hydrogen) atoms. The minimum Gasteiger partial charge on any atom is -0.479 e. The van der Waals surface area contributed by atoms with Crippen molar-refractivity contribution in [3.63, 3.8) is 0 Å². The van der Waals surface area contributed by atoms with Gasteiger partial charge in [-0.1, -0.05) is 24.3 Å². The van der Waals surface area contributed by atoms with Gasteiger partial charge in [0.05, 0.1) is 6.54 Å². The highest BCUT2D eigenvalue weighted by atomic mass is 32.2. The van der Waals surface area contributed by atoms with Crippen LogP contribution in [0.4, 0.5) is 0 Å². The van der Waals surface area contributed by atoms with Crippen molar-refractivity contribution in [2.24, 2.45) is 0 Å². The quantitative estimate of drug-likeness (QED) is 0.673. The molecule has 0 bridgehead atoms. The summed E-state index contributed by atoms with van der Waals surface area (Å²) in [6.07, 6.45) is 0. The van der Waals surface area contributed by atoms with E-state index in [1.165, 1.54) is 6.07 Å². The van der Waals surface area contributed by atoms with Crippen LogP contribution in [0.2, 0.25) is 0 Å². The third kappa shape index (κ3) is 4.88. The minimum atomic E-state index is -3.78. The minimum absolute atomic E-state index is 0.0873. The van der Waals surface area contributed by atoms with E-state index in [1.54, 1.807) is 29.6 Å². The second-order valence-corrected chi connectivity index (χ2v) is 8.38. The van der Waals surface area contributed by atoms with E-state index in [-0.39, 0.29) is 4.21 Å². The number of carboxylic acid groups (broad SMARTS) is 1. The van der Waals surface area contributed by atoms with E-state index in [2.05, 4.69) is 10.0 Å². The Balaban J connectivity index is 2.06. The molecule has 1 aromatic heterocycles. The normalized spacial score (nSPS) is 12.6. The van der Waals surface area contributed by atoms with Crippen LogP contribution in [0.5, 0.6) is 0 Å². The van der Waals surface area contributed by atoms with E-state index >= 15 is 0 Å². The number of carboxylic acids is 1. The van der Waals surface area contributed by atoms with Crippen molar-refractivity contribution < 1.29 is 23.1 Å². The first kappa shape index (κ1) is 19.1. The summed E-state index contributed by atoms with van der Waals surface area (Å²) in [4.78, 5) is 23.5. The summed E-state index contributed by atoms with van der Waals surface area (Å²) in [5.74, 6) is -1.96. The molecular formula is C16H18N2O5S2. The predicted molar refractivity (Wildman–Crippen MR) is 93.9 cm³/mol. The Bertz CT molecular complexity index is 876. The molecule has 0 aliphatic heterocycles. The Morgan fingerprint density at radius 1 is 1.20 bits per heavy atom. The highest BCUT2D eigenvalue weighted by molar-refractivity contribution is 7.91. The molecule has 0 spiro atoms. The lowest BCUT2D eigenvalue weighted by atomic mass is 10.0. The Labute approximate surface area is 149 Å². The van der Waals surface area contributed by atoms with Gasteiger partial charge in [0.2, 0.25) is 5.91 Å². The molecule has 0 fully saturated rings. The van der Waals surface area contributed by atoms with Gasteiger partial charge in [0.15, 0.2) is 6.04 Å². The molecule has 7 nitrogen and oxygen atoms in total. The third-order valence-electron chi connectivity index (χ3n) is 3.60. The number of aliphatic carboxylic acids is 1. The molecule has 0 saturated heterocycles. The van der Waals surface area contributed by atoms with E-state index in [1.807, 2.05) is 13.8 Å². The number of carbonyl (C=O) groups excluding carboxylic acids is 1. The van der Waals surface area contributed by atoms with Crippen molar-refractivity contribution in [2.45, 2.75) is 24.1 Å². The number of thiophene rings is 1. The maximum Gasteiger partial charge on any atom is 0.330 e. The molecule has 0 aliphatic carbocycles. The number of hydrogen-bond donors (Lipinski definition) is 3. The van der Waals surface area contributed by atoms with Crippen molar-refractivity contribution >= 4 is 33.2 Å². The van der Waals surface area contributed by atoms with Gasteiger partial charge in [-0.3, -0.25) is 4.79 Å². The lowest BCUT2D eigenvalue weighted by Crippen LogP contribution is -2.40. The van der Waals surface area contributed by atoms with E-state index < -0.39 is 34.5 Å². The van der Waals surface area contributed by atoms with Gasteiger partial charge >= 0.3 is 5.97 Å². The standard InChI is InChI=1S/C16H18N2O5S2/c1-10-5-6-12(8-11(10)2)15(16(20)21)18-13(19)9-17-25(22,23)14-4-3-7-24-14/h3-8,15,17H,9H2,1-2H3,(H,18,19)(H,20,21). The molecule has 1 amide bonds. The molecule has 1 atom stereocenters. The second-order valence-electron chi connectivity index (χ2n) is 5.44. The average molecular weight is 382 g/mol. The van der Waals surface area contributed by atoms with Gasteiger partial charge in [-0.15, -0.1) is 11.3 Å². The Morgan fingerprint density at radius 2 is 1.92 bits per heavy atom. The van der Waals surface area contributed by atoms with Crippen molar-refractivity contribution in [3.05, 3.63) is 52.4 Å². The summed E-state index contributed by atoms with van der Waals surface area (Å²) >= 11 is 1.02. The van der Waals surface area contributed by atoms with Gasteiger partial charge < -0.3 is 10.4 Å². The number of nitrogens with one attached hydrogen (secondary N) is 2. The molecule has 1 heterocycles. The number of hydrogen-bond acceptors (Lipinski definition) is 5. The van der Waals surface area contributed by atoms with Crippen LogP contribution in [0, 0.1) is 13.8 Å². The van der Waals surface area contributed by atoms with E-state index in [0.29, 0.717) is 5.56 Å². The maximum atomic E-state index is 12.0. The molecule has 0 aliphatic rings. The van der Waals surface area contributed by atoms with Crippen LogP contribution in [0.25, 0.3) is 0 Å². The van der Waals surface area contributed by atoms with E-state index in [4.69, 9.17) is 0 Å². The number of amides is 1. The number of sulfonamides is 1. The zero-order valence-corrected chi connectivity index (χ0v) is 15.3. The molecule has 1 aromatic carbocycles. The third-order valence-corrected chi connectivity index (χ3v) is 6.40. The van der Waals surface area contributed by atoms with Gasteiger partial charge in [0.1, 0.15) is 4.21 Å². The van der Waals surface area contributed by atoms with Crippen molar-refractivity contribution in [1.29, 1.82) is 0 Å². The van der Waals surface area contributed by atoms with Gasteiger partial charge in [0.25, 0.3) is 10.0 Å². The zero-order valence-electron chi connectivity index (χ0n) is 13.6. The van der Waals surface area contributed by atoms with Crippen LogP contribution in [0.3, 0.4) is 0 Å². The van der Waals surface area contributed by atoms with Crippen molar-refractivity contribution in [1.82, 2.24) is 10.0 Å². The fraction of sp³-hybridized carbons (Fsp3) is 0.250. The summed E-state index contributed by atoms with van der Waals surface area (Å²) in [5.41, 5.74) is 2.32. The predicted octanol–water partition coefficient (Wildman–Crippen LogP) is 1.59. The second kappa shape index (κ2) is 7.77. The topological polar surface area (TPSA) is 113 Å². The molecule has 134 valence electrons. The van der Waals surface area contributed by atoms with Gasteiger partial charge in [-0.2, -0.15) is 0 Å². The van der Waals surface area contributed by atoms with E-state index in [0.717, 1.165) is 22.5 Å². The Morgan fingerprint density at radius 3 is 2.48 bits per heavy atom. The Kier molecular flexibility index (Phi) is 5.93. The monoisotopic (exact) mass is 382 g/mol. The lowest BCUT2D eigenvalue weighted by molar-refractivity contribution is -0.141. The van der Waals surface area contributed by atoms with Gasteiger partial charge in [0, 0.05) is 0 Å². The lowest BCUT2D eigenvalue weighted by Gasteiger charge is -2.16. The molecule has 0 radical (unpaired) electrons. The van der Waals surface area contributed by atoms with Crippen LogP contribution < -0.4 is 10.0 Å². The summed E-state index contributed by atoms with van der Waals surface area (Å²) in [7, 11) is -3.78. The molecule has 1 unspecified atom stereocenters. The number of aryl methyl sites for hydroxylation is 2. The zero-order chi connectivity index (χ0) is 18.6.